The van der Waals surface area contributed by atoms with Gasteiger partial charge in [-0.1, -0.05) is 17.7 Å². The van der Waals surface area contributed by atoms with Crippen LogP contribution >= 0.6 is 0 Å². The number of hydrogen-bond donors (Lipinski definition) is 0. The summed E-state index contributed by atoms with van der Waals surface area (Å²) < 4.78 is 70.6. The van der Waals surface area contributed by atoms with E-state index in [1.807, 2.05) is 6.92 Å². The summed E-state index contributed by atoms with van der Waals surface area (Å²) in [6.45, 7) is 2.14. The van der Waals surface area contributed by atoms with Gasteiger partial charge in [-0.05, 0) is 31.9 Å². The fraction of sp³-hybridized carbons (Fsp3) is 0.435. The molecule has 3 aliphatic heterocycles. The molecule has 3 aliphatic rings. The monoisotopic (exact) mass is 494 g/mol. The Labute approximate surface area is 196 Å². The summed E-state index contributed by atoms with van der Waals surface area (Å²) in [7, 11) is -4.05. The van der Waals surface area contributed by atoms with Crippen molar-refractivity contribution in [1.82, 2.24) is 0 Å². The van der Waals surface area contributed by atoms with Crippen molar-refractivity contribution < 1.29 is 35.6 Å². The predicted molar refractivity (Wildman–Crippen MR) is 118 cm³/mol. The molecule has 34 heavy (non-hydrogen) atoms. The SMILES string of the molecule is Cc1ccc(S(=O)(=O)OC[C@H]2CN(c3cc(F)c(N4C5CCC4COC5)c(F)c3)C(=O)O2)cc1. The van der Waals surface area contributed by atoms with Crippen LogP contribution < -0.4 is 9.80 Å². The molecule has 3 saturated heterocycles. The number of anilines is 2. The molecule has 0 spiro atoms. The van der Waals surface area contributed by atoms with Crippen molar-refractivity contribution in [2.45, 2.75) is 42.8 Å². The molecule has 3 atom stereocenters. The minimum absolute atomic E-state index is 0.00625. The summed E-state index contributed by atoms with van der Waals surface area (Å²) in [5.41, 5.74) is 0.774. The average Bonchev–Trinajstić information content (AvgIpc) is 3.27. The summed E-state index contributed by atoms with van der Waals surface area (Å²) in [5, 5.41) is 0. The molecule has 8 nitrogen and oxygen atoms in total. The second kappa shape index (κ2) is 8.79. The van der Waals surface area contributed by atoms with Crippen LogP contribution in [0.5, 0.6) is 0 Å². The number of halogens is 2. The van der Waals surface area contributed by atoms with Gasteiger partial charge in [0.15, 0.2) is 11.6 Å². The van der Waals surface area contributed by atoms with Gasteiger partial charge in [0, 0.05) is 12.1 Å². The van der Waals surface area contributed by atoms with E-state index in [0.29, 0.717) is 13.2 Å². The van der Waals surface area contributed by atoms with Gasteiger partial charge < -0.3 is 14.4 Å². The first-order valence-corrected chi connectivity index (χ1v) is 12.4. The van der Waals surface area contributed by atoms with E-state index in [1.54, 1.807) is 17.0 Å². The van der Waals surface area contributed by atoms with Crippen LogP contribution in [0.1, 0.15) is 18.4 Å². The van der Waals surface area contributed by atoms with Crippen LogP contribution in [-0.4, -0.2) is 59.1 Å². The number of ether oxygens (including phenoxy) is 2. The molecule has 3 heterocycles. The zero-order valence-electron chi connectivity index (χ0n) is 18.4. The molecule has 0 aromatic heterocycles. The zero-order chi connectivity index (χ0) is 24.0. The molecule has 2 aromatic rings. The number of fused-ring (bicyclic) bond motifs is 2. The zero-order valence-corrected chi connectivity index (χ0v) is 19.3. The largest absolute Gasteiger partial charge is 0.441 e. The third-order valence-corrected chi connectivity index (χ3v) is 7.70. The van der Waals surface area contributed by atoms with Gasteiger partial charge in [-0.3, -0.25) is 9.08 Å². The van der Waals surface area contributed by atoms with Crippen molar-refractivity contribution in [3.63, 3.8) is 0 Å². The highest BCUT2D eigenvalue weighted by Gasteiger charge is 2.41. The van der Waals surface area contributed by atoms with Crippen molar-refractivity contribution in [2.75, 3.05) is 36.2 Å². The highest BCUT2D eigenvalue weighted by atomic mass is 32.2. The third-order valence-electron chi connectivity index (χ3n) is 6.40. The lowest BCUT2D eigenvalue weighted by Crippen LogP contribution is -2.46. The molecule has 2 aromatic carbocycles. The molecule has 0 radical (unpaired) electrons. The van der Waals surface area contributed by atoms with Crippen molar-refractivity contribution in [3.8, 4) is 0 Å². The lowest BCUT2D eigenvalue weighted by molar-refractivity contribution is 0.0898. The van der Waals surface area contributed by atoms with Crippen LogP contribution in [0.3, 0.4) is 0 Å². The number of aryl methyl sites for hydroxylation is 1. The Kier molecular flexibility index (Phi) is 5.95. The molecular formula is C23H24F2N2O6S. The first-order chi connectivity index (χ1) is 16.2. The van der Waals surface area contributed by atoms with Gasteiger partial charge in [-0.2, -0.15) is 8.42 Å². The number of amides is 1. The second-order valence-electron chi connectivity index (χ2n) is 8.76. The van der Waals surface area contributed by atoms with E-state index < -0.39 is 40.6 Å². The van der Waals surface area contributed by atoms with Gasteiger partial charge in [0.05, 0.1) is 42.4 Å². The molecule has 2 unspecified atom stereocenters. The Bertz CT molecular complexity index is 1170. The number of nitrogens with zero attached hydrogens (tertiary/aromatic N) is 2. The molecule has 11 heteroatoms. The van der Waals surface area contributed by atoms with E-state index in [4.69, 9.17) is 13.7 Å². The molecule has 1 amide bonds. The van der Waals surface area contributed by atoms with Crippen LogP contribution in [-0.2, 0) is 23.8 Å². The van der Waals surface area contributed by atoms with E-state index in [1.165, 1.54) is 12.1 Å². The number of cyclic esters (lactones) is 1. The van der Waals surface area contributed by atoms with Crippen molar-refractivity contribution in [1.29, 1.82) is 0 Å². The van der Waals surface area contributed by atoms with E-state index in [9.17, 15) is 13.2 Å². The maximum absolute atomic E-state index is 15.1. The highest BCUT2D eigenvalue weighted by molar-refractivity contribution is 7.86. The van der Waals surface area contributed by atoms with Crippen LogP contribution in [0.2, 0.25) is 0 Å². The smallest absolute Gasteiger partial charge is 0.414 e. The first-order valence-electron chi connectivity index (χ1n) is 11.0. The average molecular weight is 495 g/mol. The van der Waals surface area contributed by atoms with E-state index >= 15 is 8.78 Å². The minimum Gasteiger partial charge on any atom is -0.441 e. The molecule has 0 saturated carbocycles. The Hall–Kier alpha value is -2.76. The maximum atomic E-state index is 15.1. The van der Waals surface area contributed by atoms with Gasteiger partial charge in [-0.25, -0.2) is 13.6 Å². The minimum atomic E-state index is -4.05. The van der Waals surface area contributed by atoms with Gasteiger partial charge in [-0.15, -0.1) is 0 Å². The maximum Gasteiger partial charge on any atom is 0.414 e. The highest BCUT2D eigenvalue weighted by Crippen LogP contribution is 2.39. The van der Waals surface area contributed by atoms with Crippen LogP contribution in [0.25, 0.3) is 0 Å². The molecular weight excluding hydrogens is 470 g/mol. The lowest BCUT2D eigenvalue weighted by Gasteiger charge is -2.37. The van der Waals surface area contributed by atoms with Gasteiger partial charge >= 0.3 is 6.09 Å². The number of hydrogen-bond acceptors (Lipinski definition) is 7. The number of morpholine rings is 1. The summed E-state index contributed by atoms with van der Waals surface area (Å²) in [5.74, 6) is -1.55. The van der Waals surface area contributed by atoms with Crippen molar-refractivity contribution >= 4 is 27.6 Å². The van der Waals surface area contributed by atoms with Crippen molar-refractivity contribution in [2.24, 2.45) is 0 Å². The predicted octanol–water partition coefficient (Wildman–Crippen LogP) is 3.37. The standard InChI is InChI=1S/C23H24F2N2O6S/c1-14-2-6-19(7-3-14)34(29,30)32-13-18-10-26(23(28)33-18)17-8-20(24)22(21(25)9-17)27-15-4-5-16(27)12-31-11-15/h2-3,6-9,15-16,18H,4-5,10-13H2,1H3/t15?,16?,18-/m1/s1. The number of benzene rings is 2. The molecule has 0 aliphatic carbocycles. The number of carbonyl (C=O) groups excluding carboxylic acids is 1. The molecule has 5 rings (SSSR count). The summed E-state index contributed by atoms with van der Waals surface area (Å²) in [6.07, 6.45) is -0.152. The van der Waals surface area contributed by atoms with E-state index in [0.717, 1.165) is 35.4 Å². The van der Waals surface area contributed by atoms with E-state index in [2.05, 4.69) is 0 Å². The molecule has 2 bridgehead atoms. The van der Waals surface area contributed by atoms with Crippen LogP contribution in [0.15, 0.2) is 41.3 Å². The Morgan fingerprint density at radius 1 is 1.06 bits per heavy atom. The fourth-order valence-corrected chi connectivity index (χ4v) is 5.64. The van der Waals surface area contributed by atoms with Crippen LogP contribution in [0.4, 0.5) is 25.0 Å². The van der Waals surface area contributed by atoms with Crippen molar-refractivity contribution in [3.05, 3.63) is 53.6 Å². The molecule has 182 valence electrons. The molecule has 3 fully saturated rings. The Morgan fingerprint density at radius 3 is 2.29 bits per heavy atom. The quantitative estimate of drug-likeness (QED) is 0.570. The number of rotatable bonds is 6. The van der Waals surface area contributed by atoms with Gasteiger partial charge in [0.2, 0.25) is 0 Å². The topological polar surface area (TPSA) is 85.4 Å². The fourth-order valence-electron chi connectivity index (χ4n) is 4.71. The Morgan fingerprint density at radius 2 is 1.68 bits per heavy atom. The Balaban J connectivity index is 1.29. The van der Waals surface area contributed by atoms with Crippen LogP contribution in [0, 0.1) is 18.6 Å². The second-order valence-corrected chi connectivity index (χ2v) is 10.4. The third kappa shape index (κ3) is 4.23. The summed E-state index contributed by atoms with van der Waals surface area (Å²) in [6, 6.07) is 8.16. The summed E-state index contributed by atoms with van der Waals surface area (Å²) in [4.78, 5) is 15.2. The first kappa shape index (κ1) is 23.0. The molecule has 0 N–H and O–H groups in total. The summed E-state index contributed by atoms with van der Waals surface area (Å²) >= 11 is 0. The lowest BCUT2D eigenvalue weighted by atomic mass is 10.1. The van der Waals surface area contributed by atoms with Gasteiger partial charge in [0.1, 0.15) is 18.4 Å². The van der Waals surface area contributed by atoms with E-state index in [-0.39, 0.29) is 34.9 Å². The van der Waals surface area contributed by atoms with Gasteiger partial charge in [0.25, 0.3) is 10.1 Å². The number of carbonyl (C=O) groups is 1. The normalized spacial score (nSPS) is 24.6.